The number of unbranched alkanes of at least 4 members (excludes halogenated alkanes) is 23. The summed E-state index contributed by atoms with van der Waals surface area (Å²) in [7, 11) is -4.77. The molecule has 1 saturated heterocycles. The van der Waals surface area contributed by atoms with Gasteiger partial charge < -0.3 is 24.0 Å². The van der Waals surface area contributed by atoms with Crippen LogP contribution in [0.1, 0.15) is 219 Å². The second kappa shape index (κ2) is 38.4. The van der Waals surface area contributed by atoms with Gasteiger partial charge in [-0.1, -0.05) is 198 Å². The summed E-state index contributed by atoms with van der Waals surface area (Å²) in [5.41, 5.74) is 0. The Balaban J connectivity index is 2.03. The van der Waals surface area contributed by atoms with Gasteiger partial charge in [0.2, 0.25) is 0 Å². The lowest BCUT2D eigenvalue weighted by atomic mass is 10.0. The first kappa shape index (κ1) is 53.2. The first-order valence-corrected chi connectivity index (χ1v) is 24.9. The Morgan fingerprint density at radius 1 is 0.561 bits per heavy atom. The summed E-state index contributed by atoms with van der Waals surface area (Å²) >= 11 is 0. The number of epoxide rings is 1. The summed E-state index contributed by atoms with van der Waals surface area (Å²) < 4.78 is 32.1. The van der Waals surface area contributed by atoms with Gasteiger partial charge in [-0.2, -0.15) is 0 Å². The monoisotopic (exact) mass is 825 g/mol. The fourth-order valence-electron chi connectivity index (χ4n) is 6.99. The molecule has 3 atom stereocenters. The zero-order valence-corrected chi connectivity index (χ0v) is 37.3. The second-order valence-electron chi connectivity index (χ2n) is 16.1. The molecule has 0 amide bonds. The Labute approximate surface area is 348 Å². The van der Waals surface area contributed by atoms with E-state index in [2.05, 4.69) is 48.8 Å². The van der Waals surface area contributed by atoms with Crippen LogP contribution < -0.4 is 0 Å². The lowest BCUT2D eigenvalue weighted by Crippen LogP contribution is -2.29. The lowest BCUT2D eigenvalue weighted by Gasteiger charge is -2.18. The third-order valence-electron chi connectivity index (χ3n) is 10.6. The second-order valence-corrected chi connectivity index (χ2v) is 17.4. The molecule has 57 heavy (non-hydrogen) atoms. The summed E-state index contributed by atoms with van der Waals surface area (Å²) in [6.07, 6.45) is 49.1. The van der Waals surface area contributed by atoms with Gasteiger partial charge >= 0.3 is 19.8 Å². The molecule has 9 nitrogen and oxygen atoms in total. The van der Waals surface area contributed by atoms with Gasteiger partial charge in [-0.25, -0.2) is 4.57 Å². The molecular weight excluding hydrogens is 739 g/mol. The highest BCUT2D eigenvalue weighted by molar-refractivity contribution is 7.46. The van der Waals surface area contributed by atoms with Crippen LogP contribution in [-0.2, 0) is 32.9 Å². The van der Waals surface area contributed by atoms with E-state index < -0.39 is 32.5 Å². The predicted octanol–water partition coefficient (Wildman–Crippen LogP) is 13.5. The number of phosphoric ester groups is 1. The molecule has 0 spiro atoms. The zero-order valence-electron chi connectivity index (χ0n) is 36.4. The molecular formula is C47H85O9P. The Morgan fingerprint density at radius 3 is 1.54 bits per heavy atom. The van der Waals surface area contributed by atoms with Crippen molar-refractivity contribution in [2.45, 2.75) is 238 Å². The molecule has 0 saturated carbocycles. The van der Waals surface area contributed by atoms with Crippen molar-refractivity contribution in [1.82, 2.24) is 0 Å². The number of hydrogen-bond acceptors (Lipinski definition) is 7. The Kier molecular flexibility index (Phi) is 35.9. The van der Waals surface area contributed by atoms with E-state index in [4.69, 9.17) is 24.0 Å². The third kappa shape index (κ3) is 38.2. The van der Waals surface area contributed by atoms with Gasteiger partial charge in [0.05, 0.1) is 18.8 Å². The molecule has 0 aliphatic carbocycles. The summed E-state index contributed by atoms with van der Waals surface area (Å²) in [6.45, 7) is 3.63. The average Bonchev–Trinajstić information content (AvgIpc) is 3.94. The highest BCUT2D eigenvalue weighted by atomic mass is 31.2. The Morgan fingerprint density at radius 2 is 1.02 bits per heavy atom. The first-order chi connectivity index (χ1) is 27.7. The number of ether oxygens (including phenoxy) is 3. The van der Waals surface area contributed by atoms with Crippen molar-refractivity contribution in [2.24, 2.45) is 0 Å². The van der Waals surface area contributed by atoms with Gasteiger partial charge in [0, 0.05) is 12.8 Å². The first-order valence-electron chi connectivity index (χ1n) is 23.4. The zero-order chi connectivity index (χ0) is 41.5. The molecule has 1 heterocycles. The van der Waals surface area contributed by atoms with Crippen LogP contribution in [0.3, 0.4) is 0 Å². The molecule has 0 aromatic rings. The minimum atomic E-state index is -4.77. The van der Waals surface area contributed by atoms with Crippen molar-refractivity contribution >= 4 is 19.8 Å². The maximum atomic E-state index is 12.5. The van der Waals surface area contributed by atoms with Crippen molar-refractivity contribution in [2.75, 3.05) is 13.2 Å². The molecule has 1 rings (SSSR count). The van der Waals surface area contributed by atoms with Crippen LogP contribution in [0.2, 0.25) is 0 Å². The van der Waals surface area contributed by atoms with E-state index in [9.17, 15) is 14.2 Å². The number of carbonyl (C=O) groups excluding carboxylic acids is 2. The smallest absolute Gasteiger partial charge is 0.462 e. The number of phosphoric acid groups is 1. The van der Waals surface area contributed by atoms with Crippen molar-refractivity contribution < 1.29 is 42.7 Å². The highest BCUT2D eigenvalue weighted by Crippen LogP contribution is 2.36. The maximum Gasteiger partial charge on any atom is 0.469 e. The summed E-state index contributed by atoms with van der Waals surface area (Å²) in [6, 6.07) is 0. The van der Waals surface area contributed by atoms with Crippen molar-refractivity contribution in [1.29, 1.82) is 0 Å². The molecule has 2 unspecified atom stereocenters. The van der Waals surface area contributed by atoms with Gasteiger partial charge in [0.1, 0.15) is 6.61 Å². The molecule has 1 aliphatic heterocycles. The standard InChI is InChI=1S/C47H85O9P/c1-3-5-7-8-9-10-11-12-13-14-15-16-17-18-19-20-21-26-29-32-36-40-47(49)55-43(42-54-57(50,51)52)41-53-46(48)39-35-31-28-25-23-22-24-27-30-34-38-45-44(56-45)37-33-6-4-2/h22,24-25,28,30,34,43-45H,3-21,23,26-27,29,31-33,35-42H2,1-2H3,(H2,50,51,52)/b24-22-,28-25-,34-30-/t43-,44?,45?/m1/s1. The minimum Gasteiger partial charge on any atom is -0.462 e. The summed E-state index contributed by atoms with van der Waals surface area (Å²) in [5.74, 6) is -0.946. The van der Waals surface area contributed by atoms with E-state index in [0.29, 0.717) is 25.0 Å². The van der Waals surface area contributed by atoms with Crippen molar-refractivity contribution in [3.05, 3.63) is 36.5 Å². The Hall–Kier alpha value is -1.77. The van der Waals surface area contributed by atoms with Crippen LogP contribution in [-0.4, -0.2) is 53.3 Å². The normalized spacial score (nSPS) is 16.3. The molecule has 0 radical (unpaired) electrons. The molecule has 2 N–H and O–H groups in total. The van der Waals surface area contributed by atoms with Crippen molar-refractivity contribution in [3.8, 4) is 0 Å². The van der Waals surface area contributed by atoms with Crippen LogP contribution in [0.4, 0.5) is 0 Å². The van der Waals surface area contributed by atoms with Crippen LogP contribution in [0.5, 0.6) is 0 Å². The van der Waals surface area contributed by atoms with E-state index in [0.717, 1.165) is 44.9 Å². The van der Waals surface area contributed by atoms with Crippen molar-refractivity contribution in [3.63, 3.8) is 0 Å². The number of rotatable bonds is 42. The van der Waals surface area contributed by atoms with Gasteiger partial charge in [-0.15, -0.1) is 0 Å². The molecule has 1 fully saturated rings. The maximum absolute atomic E-state index is 12.5. The number of carbonyl (C=O) groups is 2. The molecule has 10 heteroatoms. The van der Waals surface area contributed by atoms with Crippen LogP contribution in [0.15, 0.2) is 36.5 Å². The number of hydrogen-bond donors (Lipinski definition) is 2. The average molecular weight is 825 g/mol. The van der Waals surface area contributed by atoms with Gasteiger partial charge in [-0.3, -0.25) is 14.1 Å². The molecule has 332 valence electrons. The Bertz CT molecular complexity index is 1080. The van der Waals surface area contributed by atoms with E-state index in [1.165, 1.54) is 135 Å². The quantitative estimate of drug-likeness (QED) is 0.0203. The predicted molar refractivity (Wildman–Crippen MR) is 234 cm³/mol. The minimum absolute atomic E-state index is 0.189. The van der Waals surface area contributed by atoms with E-state index in [-0.39, 0.29) is 19.4 Å². The summed E-state index contributed by atoms with van der Waals surface area (Å²) in [4.78, 5) is 43.0. The molecule has 0 bridgehead atoms. The van der Waals surface area contributed by atoms with E-state index >= 15 is 0 Å². The van der Waals surface area contributed by atoms with Crippen LogP contribution >= 0.6 is 7.82 Å². The largest absolute Gasteiger partial charge is 0.469 e. The lowest BCUT2D eigenvalue weighted by molar-refractivity contribution is -0.161. The van der Waals surface area contributed by atoms with Crippen LogP contribution in [0, 0.1) is 0 Å². The summed E-state index contributed by atoms with van der Waals surface area (Å²) in [5, 5.41) is 0. The number of allylic oxidation sites excluding steroid dienone is 5. The van der Waals surface area contributed by atoms with E-state index in [1.54, 1.807) is 0 Å². The van der Waals surface area contributed by atoms with Gasteiger partial charge in [0.25, 0.3) is 0 Å². The molecule has 1 aliphatic rings. The van der Waals surface area contributed by atoms with Gasteiger partial charge in [-0.05, 0) is 44.9 Å². The highest BCUT2D eigenvalue weighted by Gasteiger charge is 2.36. The topological polar surface area (TPSA) is 132 Å². The fourth-order valence-corrected chi connectivity index (χ4v) is 7.35. The number of esters is 2. The SMILES string of the molecule is CCCCCCCCCCCCCCCCCCCCCCCC(=O)O[C@H](COC(=O)CCC/C=C\C/C=C\C/C=C\CC1OC1CCCCC)COP(=O)(O)O. The molecule has 0 aromatic carbocycles. The fraction of sp³-hybridized carbons (Fsp3) is 0.830. The molecule has 0 aromatic heterocycles. The van der Waals surface area contributed by atoms with Gasteiger partial charge in [0.15, 0.2) is 6.10 Å². The van der Waals surface area contributed by atoms with Crippen LogP contribution in [0.25, 0.3) is 0 Å². The third-order valence-corrected chi connectivity index (χ3v) is 11.1. The van der Waals surface area contributed by atoms with E-state index in [1.807, 2.05) is 6.08 Å².